The number of nitrogens with zero attached hydrogens (tertiary/aromatic N) is 1. The number of β-amino-alcohol motifs (C(OH)–C–C–N with tert-alkyl or cyclic N) is 1. The normalized spacial score (nSPS) is 17.8. The molecule has 0 bridgehead atoms. The van der Waals surface area contributed by atoms with Crippen LogP contribution in [0.4, 0.5) is 5.69 Å². The van der Waals surface area contributed by atoms with Gasteiger partial charge in [0.1, 0.15) is 11.4 Å². The number of carbonyl (C=O) groups excluding carboxylic acids is 2. The van der Waals surface area contributed by atoms with Crippen LogP contribution in [0.25, 0.3) is 0 Å². The summed E-state index contributed by atoms with van der Waals surface area (Å²) in [6.07, 6.45) is 4.73. The van der Waals surface area contributed by atoms with E-state index in [4.69, 9.17) is 14.6 Å². The van der Waals surface area contributed by atoms with Gasteiger partial charge in [-0.25, -0.2) is 4.79 Å². The van der Waals surface area contributed by atoms with Crippen LogP contribution in [0.15, 0.2) is 35.5 Å². The first-order chi connectivity index (χ1) is 12.6. The van der Waals surface area contributed by atoms with Crippen LogP contribution in [-0.2, 0) is 14.3 Å². The highest BCUT2D eigenvalue weighted by Gasteiger charge is 2.34. The van der Waals surface area contributed by atoms with E-state index in [0.717, 1.165) is 18.6 Å². The summed E-state index contributed by atoms with van der Waals surface area (Å²) in [7, 11) is 1.28. The largest absolute Gasteiger partial charge is 0.490 e. The molecule has 2 N–H and O–H groups in total. The molecular weight excluding hydrogens is 336 g/mol. The third-order valence-electron chi connectivity index (χ3n) is 4.66. The van der Waals surface area contributed by atoms with E-state index in [0.29, 0.717) is 5.69 Å². The van der Waals surface area contributed by atoms with Gasteiger partial charge in [-0.05, 0) is 37.8 Å². The molecule has 0 aromatic heterocycles. The molecule has 1 aliphatic heterocycles. The van der Waals surface area contributed by atoms with Crippen molar-refractivity contribution in [2.24, 2.45) is 0 Å². The van der Waals surface area contributed by atoms with Crippen molar-refractivity contribution in [1.82, 2.24) is 4.90 Å². The molecule has 0 unspecified atom stereocenters. The summed E-state index contributed by atoms with van der Waals surface area (Å²) in [5.41, 5.74) is 1.10. The summed E-state index contributed by atoms with van der Waals surface area (Å²) in [5, 5.41) is 12.1. The van der Waals surface area contributed by atoms with Crippen molar-refractivity contribution in [2.75, 3.05) is 32.1 Å². The molecule has 26 heavy (non-hydrogen) atoms. The van der Waals surface area contributed by atoms with E-state index in [-0.39, 0.29) is 43.0 Å². The van der Waals surface area contributed by atoms with Gasteiger partial charge in [0.15, 0.2) is 0 Å². The smallest absolute Gasteiger partial charge is 0.337 e. The number of esters is 1. The number of amides is 1. The summed E-state index contributed by atoms with van der Waals surface area (Å²) in [6.45, 7) is 0.111. The van der Waals surface area contributed by atoms with Crippen molar-refractivity contribution < 1.29 is 24.2 Å². The second-order valence-electron chi connectivity index (χ2n) is 6.47. The molecule has 2 aliphatic rings. The van der Waals surface area contributed by atoms with E-state index in [1.165, 1.54) is 24.9 Å². The maximum Gasteiger partial charge on any atom is 0.337 e. The molecule has 0 atom stereocenters. The average molecular weight is 360 g/mol. The number of aliphatic hydroxyl groups is 1. The van der Waals surface area contributed by atoms with Crippen molar-refractivity contribution in [2.45, 2.75) is 31.8 Å². The Hall–Kier alpha value is -2.54. The molecule has 7 nitrogen and oxygen atoms in total. The number of anilines is 1. The quantitative estimate of drug-likeness (QED) is 0.720. The van der Waals surface area contributed by atoms with E-state index < -0.39 is 5.97 Å². The third kappa shape index (κ3) is 3.99. The lowest BCUT2D eigenvalue weighted by molar-refractivity contribution is -0.136. The van der Waals surface area contributed by atoms with Crippen LogP contribution in [-0.4, -0.2) is 54.8 Å². The molecule has 7 heteroatoms. The predicted octanol–water partition coefficient (Wildman–Crippen LogP) is 1.68. The Morgan fingerprint density at radius 2 is 2.12 bits per heavy atom. The number of rotatable bonds is 7. The first kappa shape index (κ1) is 18.3. The SMILES string of the molecule is COC(=O)C1=C(Nc2cccc(OC3CCCC3)c2)C(=O)N(CCO)C1. The van der Waals surface area contributed by atoms with Gasteiger partial charge in [-0.1, -0.05) is 6.07 Å². The van der Waals surface area contributed by atoms with Gasteiger partial charge in [-0.15, -0.1) is 0 Å². The van der Waals surface area contributed by atoms with Gasteiger partial charge in [0.25, 0.3) is 5.91 Å². The highest BCUT2D eigenvalue weighted by atomic mass is 16.5. The fourth-order valence-corrected chi connectivity index (χ4v) is 3.34. The van der Waals surface area contributed by atoms with Gasteiger partial charge in [-0.3, -0.25) is 4.79 Å². The lowest BCUT2D eigenvalue weighted by atomic mass is 10.2. The van der Waals surface area contributed by atoms with Gasteiger partial charge in [0.05, 0.1) is 31.9 Å². The molecule has 1 amide bonds. The van der Waals surface area contributed by atoms with Crippen molar-refractivity contribution in [1.29, 1.82) is 0 Å². The Kier molecular flexibility index (Phi) is 5.78. The van der Waals surface area contributed by atoms with Crippen LogP contribution in [0.5, 0.6) is 5.75 Å². The van der Waals surface area contributed by atoms with Gasteiger partial charge in [0.2, 0.25) is 0 Å². The fraction of sp³-hybridized carbons (Fsp3) is 0.474. The maximum absolute atomic E-state index is 12.5. The lowest BCUT2D eigenvalue weighted by Crippen LogP contribution is -2.31. The standard InChI is InChI=1S/C19H24N2O5/c1-25-19(24)16-12-21(9-10-22)18(23)17(16)20-13-5-4-8-15(11-13)26-14-6-2-3-7-14/h4-5,8,11,14,20,22H,2-3,6-7,9-10,12H2,1H3. The fourth-order valence-electron chi connectivity index (χ4n) is 3.34. The highest BCUT2D eigenvalue weighted by Crippen LogP contribution is 2.28. The third-order valence-corrected chi connectivity index (χ3v) is 4.66. The number of carbonyl (C=O) groups is 2. The Morgan fingerprint density at radius 1 is 1.35 bits per heavy atom. The van der Waals surface area contributed by atoms with Crippen molar-refractivity contribution in [3.05, 3.63) is 35.5 Å². The minimum absolute atomic E-state index is 0.118. The van der Waals surface area contributed by atoms with Crippen molar-refractivity contribution >= 4 is 17.6 Å². The maximum atomic E-state index is 12.5. The summed E-state index contributed by atoms with van der Waals surface area (Å²) < 4.78 is 10.8. The lowest BCUT2D eigenvalue weighted by Gasteiger charge is -2.16. The molecule has 140 valence electrons. The van der Waals surface area contributed by atoms with E-state index in [9.17, 15) is 9.59 Å². The summed E-state index contributed by atoms with van der Waals surface area (Å²) in [5.74, 6) is -0.152. The Morgan fingerprint density at radius 3 is 2.81 bits per heavy atom. The molecular formula is C19H24N2O5. The molecule has 1 aromatic rings. The van der Waals surface area contributed by atoms with Crippen LogP contribution >= 0.6 is 0 Å². The minimum atomic E-state index is -0.556. The zero-order valence-corrected chi connectivity index (χ0v) is 14.9. The summed E-state index contributed by atoms with van der Waals surface area (Å²) >= 11 is 0. The van der Waals surface area contributed by atoms with E-state index in [2.05, 4.69) is 5.32 Å². The number of hydrogen-bond acceptors (Lipinski definition) is 6. The van der Waals surface area contributed by atoms with Crippen LogP contribution < -0.4 is 10.1 Å². The zero-order chi connectivity index (χ0) is 18.5. The number of nitrogens with one attached hydrogen (secondary N) is 1. The topological polar surface area (TPSA) is 88.1 Å². The molecule has 0 radical (unpaired) electrons. The summed E-state index contributed by atoms with van der Waals surface area (Å²) in [4.78, 5) is 26.0. The molecule has 3 rings (SSSR count). The van der Waals surface area contributed by atoms with Gasteiger partial charge < -0.3 is 24.8 Å². The molecule has 1 saturated carbocycles. The second kappa shape index (κ2) is 8.23. The molecule has 0 spiro atoms. The zero-order valence-electron chi connectivity index (χ0n) is 14.9. The van der Waals surface area contributed by atoms with Gasteiger partial charge >= 0.3 is 5.97 Å². The van der Waals surface area contributed by atoms with Crippen molar-refractivity contribution in [3.8, 4) is 5.75 Å². The number of aliphatic hydroxyl groups excluding tert-OH is 1. The first-order valence-electron chi connectivity index (χ1n) is 8.87. The molecule has 1 fully saturated rings. The minimum Gasteiger partial charge on any atom is -0.490 e. The van der Waals surface area contributed by atoms with E-state index in [1.54, 1.807) is 0 Å². The predicted molar refractivity (Wildman–Crippen MR) is 95.7 cm³/mol. The van der Waals surface area contributed by atoms with Crippen LogP contribution in [0.1, 0.15) is 25.7 Å². The number of methoxy groups -OCH3 is 1. The van der Waals surface area contributed by atoms with Gasteiger partial charge in [0, 0.05) is 18.3 Å². The van der Waals surface area contributed by atoms with Crippen LogP contribution in [0, 0.1) is 0 Å². The first-order valence-corrected chi connectivity index (χ1v) is 8.87. The molecule has 1 aromatic carbocycles. The number of benzene rings is 1. The van der Waals surface area contributed by atoms with Crippen LogP contribution in [0.3, 0.4) is 0 Å². The monoisotopic (exact) mass is 360 g/mol. The number of ether oxygens (including phenoxy) is 2. The Bertz CT molecular complexity index is 710. The van der Waals surface area contributed by atoms with Crippen molar-refractivity contribution in [3.63, 3.8) is 0 Å². The van der Waals surface area contributed by atoms with E-state index in [1.807, 2.05) is 24.3 Å². The average Bonchev–Trinajstić information content (AvgIpc) is 3.25. The van der Waals surface area contributed by atoms with E-state index >= 15 is 0 Å². The van der Waals surface area contributed by atoms with Gasteiger partial charge in [-0.2, -0.15) is 0 Å². The molecule has 1 heterocycles. The molecule has 0 saturated heterocycles. The Labute approximate surface area is 152 Å². The number of hydrogen-bond donors (Lipinski definition) is 2. The highest BCUT2D eigenvalue weighted by molar-refractivity contribution is 6.08. The second-order valence-corrected chi connectivity index (χ2v) is 6.47. The Balaban J connectivity index is 1.78. The molecule has 1 aliphatic carbocycles. The summed E-state index contributed by atoms with van der Waals surface area (Å²) in [6, 6.07) is 7.36. The van der Waals surface area contributed by atoms with Crippen LogP contribution in [0.2, 0.25) is 0 Å².